The molecule has 0 atom stereocenters. The van der Waals surface area contributed by atoms with Crippen LogP contribution in [0.2, 0.25) is 0 Å². The van der Waals surface area contributed by atoms with Crippen LogP contribution in [0.25, 0.3) is 0 Å². The van der Waals surface area contributed by atoms with Gasteiger partial charge in [-0.1, -0.05) is 41.4 Å². The highest BCUT2D eigenvalue weighted by atomic mass is 79.9. The van der Waals surface area contributed by atoms with Crippen molar-refractivity contribution in [3.8, 4) is 0 Å². The van der Waals surface area contributed by atoms with E-state index in [-0.39, 0.29) is 0 Å². The van der Waals surface area contributed by atoms with E-state index in [0.717, 1.165) is 18.3 Å². The van der Waals surface area contributed by atoms with E-state index in [4.69, 9.17) is 0 Å². The SMILES string of the molecule is CCc1ccc(N(C)CCCCCBr)cc1. The number of anilines is 1. The van der Waals surface area contributed by atoms with Gasteiger partial charge in [0.1, 0.15) is 0 Å². The van der Waals surface area contributed by atoms with E-state index in [1.165, 1.54) is 30.5 Å². The molecule has 0 N–H and O–H groups in total. The van der Waals surface area contributed by atoms with Crippen LogP contribution in [0.1, 0.15) is 31.7 Å². The standard InChI is InChI=1S/C14H22BrN/c1-3-13-7-9-14(10-8-13)16(2)12-6-4-5-11-15/h7-10H,3-6,11-12H2,1-2H3. The van der Waals surface area contributed by atoms with Crippen LogP contribution in [-0.4, -0.2) is 18.9 Å². The molecule has 16 heavy (non-hydrogen) atoms. The molecule has 1 rings (SSSR count). The summed E-state index contributed by atoms with van der Waals surface area (Å²) in [6, 6.07) is 8.90. The summed E-state index contributed by atoms with van der Waals surface area (Å²) in [7, 11) is 2.18. The molecule has 0 aliphatic heterocycles. The van der Waals surface area contributed by atoms with Gasteiger partial charge in [-0.05, 0) is 37.0 Å². The molecule has 1 aromatic carbocycles. The second-order valence-corrected chi connectivity index (χ2v) is 4.98. The smallest absolute Gasteiger partial charge is 0.0363 e. The molecule has 1 aromatic rings. The average molecular weight is 284 g/mol. The van der Waals surface area contributed by atoms with Crippen molar-refractivity contribution in [2.45, 2.75) is 32.6 Å². The second kappa shape index (κ2) is 7.72. The summed E-state index contributed by atoms with van der Waals surface area (Å²) >= 11 is 3.46. The maximum atomic E-state index is 3.46. The first-order valence-electron chi connectivity index (χ1n) is 6.14. The molecule has 0 aliphatic carbocycles. The molecule has 2 heteroatoms. The third-order valence-electron chi connectivity index (χ3n) is 2.91. The van der Waals surface area contributed by atoms with Gasteiger partial charge in [0.15, 0.2) is 0 Å². The maximum absolute atomic E-state index is 3.46. The predicted octanol–water partition coefficient (Wildman–Crippen LogP) is 4.25. The van der Waals surface area contributed by atoms with Crippen LogP contribution in [0.5, 0.6) is 0 Å². The monoisotopic (exact) mass is 283 g/mol. The summed E-state index contributed by atoms with van der Waals surface area (Å²) in [6.07, 6.45) is 4.98. The molecule has 0 fully saturated rings. The van der Waals surface area contributed by atoms with Crippen molar-refractivity contribution < 1.29 is 0 Å². The van der Waals surface area contributed by atoms with E-state index in [1.54, 1.807) is 0 Å². The van der Waals surface area contributed by atoms with E-state index < -0.39 is 0 Å². The summed E-state index contributed by atoms with van der Waals surface area (Å²) in [5.41, 5.74) is 2.74. The van der Waals surface area contributed by atoms with E-state index in [9.17, 15) is 0 Å². The third-order valence-corrected chi connectivity index (χ3v) is 3.47. The Balaban J connectivity index is 2.37. The number of alkyl halides is 1. The van der Waals surface area contributed by atoms with Crippen molar-refractivity contribution in [2.24, 2.45) is 0 Å². The zero-order valence-electron chi connectivity index (χ0n) is 10.4. The van der Waals surface area contributed by atoms with Crippen LogP contribution in [0.15, 0.2) is 24.3 Å². The van der Waals surface area contributed by atoms with Crippen molar-refractivity contribution in [1.29, 1.82) is 0 Å². The van der Waals surface area contributed by atoms with Crippen molar-refractivity contribution in [3.05, 3.63) is 29.8 Å². The lowest BCUT2D eigenvalue weighted by Crippen LogP contribution is -2.18. The van der Waals surface area contributed by atoms with E-state index in [2.05, 4.69) is 59.1 Å². The Labute approximate surface area is 108 Å². The molecule has 1 nitrogen and oxygen atoms in total. The normalized spacial score (nSPS) is 10.4. The maximum Gasteiger partial charge on any atom is 0.0363 e. The predicted molar refractivity (Wildman–Crippen MR) is 76.7 cm³/mol. The number of nitrogens with zero attached hydrogens (tertiary/aromatic N) is 1. The Kier molecular flexibility index (Phi) is 6.55. The van der Waals surface area contributed by atoms with Gasteiger partial charge in [0.25, 0.3) is 0 Å². The fourth-order valence-corrected chi connectivity index (χ4v) is 2.13. The summed E-state index contributed by atoms with van der Waals surface area (Å²) in [4.78, 5) is 2.34. The minimum Gasteiger partial charge on any atom is -0.375 e. The summed E-state index contributed by atoms with van der Waals surface area (Å²) in [6.45, 7) is 3.34. The highest BCUT2D eigenvalue weighted by Crippen LogP contribution is 2.15. The molecule has 0 unspecified atom stereocenters. The van der Waals surface area contributed by atoms with Crippen molar-refractivity contribution in [1.82, 2.24) is 0 Å². The quantitative estimate of drug-likeness (QED) is 0.534. The lowest BCUT2D eigenvalue weighted by atomic mass is 10.1. The van der Waals surface area contributed by atoms with Gasteiger partial charge < -0.3 is 4.90 Å². The molecule has 0 amide bonds. The van der Waals surface area contributed by atoms with E-state index in [1.807, 2.05) is 0 Å². The molecule has 0 saturated heterocycles. The van der Waals surface area contributed by atoms with Crippen LogP contribution in [0.4, 0.5) is 5.69 Å². The van der Waals surface area contributed by atoms with Crippen LogP contribution < -0.4 is 4.90 Å². The molecule has 0 aromatic heterocycles. The number of rotatable bonds is 7. The van der Waals surface area contributed by atoms with Crippen LogP contribution in [-0.2, 0) is 6.42 Å². The van der Waals surface area contributed by atoms with E-state index >= 15 is 0 Å². The number of unbranched alkanes of at least 4 members (excludes halogenated alkanes) is 2. The number of aryl methyl sites for hydroxylation is 1. The average Bonchev–Trinajstić information content (AvgIpc) is 2.34. The van der Waals surface area contributed by atoms with Crippen molar-refractivity contribution >= 4 is 21.6 Å². The zero-order valence-corrected chi connectivity index (χ0v) is 12.0. The minimum atomic E-state index is 1.12. The van der Waals surface area contributed by atoms with Gasteiger partial charge in [-0.2, -0.15) is 0 Å². The highest BCUT2D eigenvalue weighted by Gasteiger charge is 2.00. The van der Waals surface area contributed by atoms with Crippen LogP contribution >= 0.6 is 15.9 Å². The first-order valence-corrected chi connectivity index (χ1v) is 7.26. The molecule has 0 spiro atoms. The van der Waals surface area contributed by atoms with Gasteiger partial charge in [-0.25, -0.2) is 0 Å². The Morgan fingerprint density at radius 1 is 1.06 bits per heavy atom. The minimum absolute atomic E-state index is 1.12. The van der Waals surface area contributed by atoms with Gasteiger partial charge in [-0.3, -0.25) is 0 Å². The molecule has 0 aliphatic rings. The molecule has 0 bridgehead atoms. The van der Waals surface area contributed by atoms with Crippen LogP contribution in [0.3, 0.4) is 0 Å². The number of hydrogen-bond acceptors (Lipinski definition) is 1. The van der Waals surface area contributed by atoms with Gasteiger partial charge in [-0.15, -0.1) is 0 Å². The number of halogens is 1. The largest absolute Gasteiger partial charge is 0.375 e. The molecular weight excluding hydrogens is 262 g/mol. The molecule has 0 radical (unpaired) electrons. The highest BCUT2D eigenvalue weighted by molar-refractivity contribution is 9.09. The Hall–Kier alpha value is -0.500. The van der Waals surface area contributed by atoms with E-state index in [0.29, 0.717) is 0 Å². The number of hydrogen-bond donors (Lipinski definition) is 0. The topological polar surface area (TPSA) is 3.24 Å². The van der Waals surface area contributed by atoms with Gasteiger partial charge in [0.05, 0.1) is 0 Å². The molecular formula is C14H22BrN. The summed E-state index contributed by atoms with van der Waals surface area (Å²) in [5.74, 6) is 0. The van der Waals surface area contributed by atoms with Crippen molar-refractivity contribution in [2.75, 3.05) is 23.8 Å². The third kappa shape index (κ3) is 4.56. The molecule has 0 saturated carbocycles. The lowest BCUT2D eigenvalue weighted by Gasteiger charge is -2.19. The summed E-state index contributed by atoms with van der Waals surface area (Å²) < 4.78 is 0. The fourth-order valence-electron chi connectivity index (χ4n) is 1.74. The van der Waals surface area contributed by atoms with Gasteiger partial charge in [0, 0.05) is 24.6 Å². The fraction of sp³-hybridized carbons (Fsp3) is 0.571. The second-order valence-electron chi connectivity index (χ2n) is 4.19. The van der Waals surface area contributed by atoms with Crippen molar-refractivity contribution in [3.63, 3.8) is 0 Å². The Morgan fingerprint density at radius 3 is 2.31 bits per heavy atom. The Morgan fingerprint density at radius 2 is 1.75 bits per heavy atom. The first-order chi connectivity index (χ1) is 7.77. The zero-order chi connectivity index (χ0) is 11.8. The molecule has 90 valence electrons. The first kappa shape index (κ1) is 13.6. The Bertz CT molecular complexity index is 281. The summed E-state index contributed by atoms with van der Waals surface area (Å²) in [5, 5.41) is 1.13. The van der Waals surface area contributed by atoms with Gasteiger partial charge >= 0.3 is 0 Å². The van der Waals surface area contributed by atoms with Gasteiger partial charge in [0.2, 0.25) is 0 Å². The lowest BCUT2D eigenvalue weighted by molar-refractivity contribution is 0.711. The molecule has 0 heterocycles. The number of benzene rings is 1. The van der Waals surface area contributed by atoms with Crippen LogP contribution in [0, 0.1) is 0 Å².